The number of anilines is 3. The molecule has 3 rings (SSSR count). The molecule has 0 saturated carbocycles. The number of morpholine rings is 1. The van der Waals surface area contributed by atoms with E-state index in [4.69, 9.17) is 4.74 Å². The number of nitrogens with one attached hydrogen (secondary N) is 1. The van der Waals surface area contributed by atoms with Gasteiger partial charge in [-0.25, -0.2) is 0 Å². The molecule has 21 heavy (non-hydrogen) atoms. The second-order valence-corrected chi connectivity index (χ2v) is 5.31. The third-order valence-electron chi connectivity index (χ3n) is 3.92. The maximum Gasteiger partial charge on any atom is 0.232 e. The molecule has 0 amide bonds. The smallest absolute Gasteiger partial charge is 0.232 e. The molecule has 1 aromatic rings. The summed E-state index contributed by atoms with van der Waals surface area (Å²) in [6.07, 6.45) is 2.35. The normalized spacial score (nSPS) is 22.7. The van der Waals surface area contributed by atoms with Crippen molar-refractivity contribution in [2.75, 3.05) is 61.6 Å². The highest BCUT2D eigenvalue weighted by Gasteiger charge is 2.26. The van der Waals surface area contributed by atoms with Gasteiger partial charge in [0, 0.05) is 26.7 Å². The molecule has 0 aromatic carbocycles. The van der Waals surface area contributed by atoms with Gasteiger partial charge in [0.05, 0.1) is 25.9 Å². The molecular formula is C13H22N6O2. The Morgan fingerprint density at radius 3 is 2.67 bits per heavy atom. The fraction of sp³-hybridized carbons (Fsp3) is 0.769. The van der Waals surface area contributed by atoms with Crippen molar-refractivity contribution in [2.45, 2.75) is 18.9 Å². The summed E-state index contributed by atoms with van der Waals surface area (Å²) in [4.78, 5) is 17.7. The van der Waals surface area contributed by atoms with Crippen LogP contribution in [0, 0.1) is 0 Å². The lowest BCUT2D eigenvalue weighted by Gasteiger charge is -2.34. The summed E-state index contributed by atoms with van der Waals surface area (Å²) in [7, 11) is 1.80. The number of aliphatic hydroxyl groups is 1. The lowest BCUT2D eigenvalue weighted by atomic mass is 10.2. The van der Waals surface area contributed by atoms with Crippen molar-refractivity contribution in [2.24, 2.45) is 0 Å². The molecule has 1 atom stereocenters. The molecule has 2 N–H and O–H groups in total. The first-order valence-electron chi connectivity index (χ1n) is 7.46. The standard InChI is InChI=1S/C13H22N6O2/c1-14-11-15-12(18-4-2-3-5-18)17-13(16-11)19-6-7-21-9-10(19)8-20/h10,20H,2-9H2,1H3,(H,14,15,16,17). The molecule has 1 aromatic heterocycles. The summed E-state index contributed by atoms with van der Waals surface area (Å²) in [5.74, 6) is 1.88. The summed E-state index contributed by atoms with van der Waals surface area (Å²) in [5, 5.41) is 12.5. The van der Waals surface area contributed by atoms with Crippen molar-refractivity contribution < 1.29 is 9.84 Å². The van der Waals surface area contributed by atoms with Crippen LogP contribution >= 0.6 is 0 Å². The van der Waals surface area contributed by atoms with Crippen molar-refractivity contribution in [1.29, 1.82) is 0 Å². The maximum atomic E-state index is 9.51. The Kier molecular flexibility index (Phi) is 4.35. The van der Waals surface area contributed by atoms with Gasteiger partial charge >= 0.3 is 0 Å². The lowest BCUT2D eigenvalue weighted by Crippen LogP contribution is -2.48. The number of aliphatic hydroxyl groups excluding tert-OH is 1. The van der Waals surface area contributed by atoms with Crippen LogP contribution in [0.4, 0.5) is 17.8 Å². The number of hydrogen-bond donors (Lipinski definition) is 2. The van der Waals surface area contributed by atoms with Gasteiger partial charge in [-0.05, 0) is 12.8 Å². The summed E-state index contributed by atoms with van der Waals surface area (Å²) < 4.78 is 5.41. The quantitative estimate of drug-likeness (QED) is 0.783. The van der Waals surface area contributed by atoms with Crippen LogP contribution in [0.1, 0.15) is 12.8 Å². The first kappa shape index (κ1) is 14.3. The van der Waals surface area contributed by atoms with E-state index >= 15 is 0 Å². The Morgan fingerprint density at radius 1 is 1.19 bits per heavy atom. The zero-order chi connectivity index (χ0) is 14.7. The molecule has 2 aliphatic rings. The van der Waals surface area contributed by atoms with Crippen LogP contribution in [-0.4, -0.2) is 72.6 Å². The molecule has 8 nitrogen and oxygen atoms in total. The average molecular weight is 294 g/mol. The summed E-state index contributed by atoms with van der Waals surface area (Å²) in [6, 6.07) is -0.0997. The SMILES string of the molecule is CNc1nc(N2CCCC2)nc(N2CCOCC2CO)n1. The van der Waals surface area contributed by atoms with Gasteiger partial charge in [0.15, 0.2) is 0 Å². The first-order valence-corrected chi connectivity index (χ1v) is 7.46. The van der Waals surface area contributed by atoms with E-state index in [-0.39, 0.29) is 12.6 Å². The van der Waals surface area contributed by atoms with Crippen LogP contribution in [0.2, 0.25) is 0 Å². The van der Waals surface area contributed by atoms with E-state index < -0.39 is 0 Å². The van der Waals surface area contributed by atoms with Gasteiger partial charge in [0.1, 0.15) is 0 Å². The van der Waals surface area contributed by atoms with Crippen LogP contribution in [0.15, 0.2) is 0 Å². The van der Waals surface area contributed by atoms with Gasteiger partial charge < -0.3 is 25.0 Å². The maximum absolute atomic E-state index is 9.51. The van der Waals surface area contributed by atoms with Crippen LogP contribution < -0.4 is 15.1 Å². The predicted molar refractivity (Wildman–Crippen MR) is 79.9 cm³/mol. The van der Waals surface area contributed by atoms with Gasteiger partial charge in [0.25, 0.3) is 0 Å². The van der Waals surface area contributed by atoms with Crippen molar-refractivity contribution in [1.82, 2.24) is 15.0 Å². The molecule has 0 aliphatic carbocycles. The third-order valence-corrected chi connectivity index (χ3v) is 3.92. The van der Waals surface area contributed by atoms with E-state index in [1.165, 1.54) is 12.8 Å². The van der Waals surface area contributed by atoms with Crippen LogP contribution in [0.25, 0.3) is 0 Å². The fourth-order valence-electron chi connectivity index (χ4n) is 2.72. The van der Waals surface area contributed by atoms with Gasteiger partial charge in [-0.2, -0.15) is 15.0 Å². The zero-order valence-corrected chi connectivity index (χ0v) is 12.3. The summed E-state index contributed by atoms with van der Waals surface area (Å²) >= 11 is 0. The molecule has 0 radical (unpaired) electrons. The van der Waals surface area contributed by atoms with Gasteiger partial charge in [0.2, 0.25) is 17.8 Å². The van der Waals surface area contributed by atoms with Crippen LogP contribution in [0.5, 0.6) is 0 Å². The monoisotopic (exact) mass is 294 g/mol. The molecule has 0 spiro atoms. The molecule has 1 unspecified atom stereocenters. The topological polar surface area (TPSA) is 86.6 Å². The van der Waals surface area contributed by atoms with E-state index in [9.17, 15) is 5.11 Å². The van der Waals surface area contributed by atoms with E-state index in [2.05, 4.69) is 25.2 Å². The van der Waals surface area contributed by atoms with Gasteiger partial charge in [-0.15, -0.1) is 0 Å². The Bertz CT molecular complexity index is 480. The van der Waals surface area contributed by atoms with Crippen LogP contribution in [-0.2, 0) is 4.74 Å². The van der Waals surface area contributed by atoms with E-state index in [1.54, 1.807) is 7.05 Å². The second-order valence-electron chi connectivity index (χ2n) is 5.31. The van der Waals surface area contributed by atoms with Crippen molar-refractivity contribution in [3.05, 3.63) is 0 Å². The second kappa shape index (κ2) is 6.40. The number of nitrogens with zero attached hydrogens (tertiary/aromatic N) is 5. The largest absolute Gasteiger partial charge is 0.394 e. The Hall–Kier alpha value is -1.67. The summed E-state index contributed by atoms with van der Waals surface area (Å²) in [6.45, 7) is 3.79. The number of ether oxygens (including phenoxy) is 1. The van der Waals surface area contributed by atoms with Crippen molar-refractivity contribution >= 4 is 17.8 Å². The third kappa shape index (κ3) is 3.01. The molecule has 8 heteroatoms. The molecule has 2 saturated heterocycles. The molecule has 2 fully saturated rings. The zero-order valence-electron chi connectivity index (χ0n) is 12.3. The highest BCUT2D eigenvalue weighted by atomic mass is 16.5. The molecule has 2 aliphatic heterocycles. The minimum Gasteiger partial charge on any atom is -0.394 e. The minimum absolute atomic E-state index is 0.0274. The highest BCUT2D eigenvalue weighted by molar-refractivity contribution is 5.46. The summed E-state index contributed by atoms with van der Waals surface area (Å²) in [5.41, 5.74) is 0. The Morgan fingerprint density at radius 2 is 1.95 bits per heavy atom. The first-order chi connectivity index (χ1) is 10.3. The van der Waals surface area contributed by atoms with Crippen LogP contribution in [0.3, 0.4) is 0 Å². The fourth-order valence-corrected chi connectivity index (χ4v) is 2.72. The van der Waals surface area contributed by atoms with Gasteiger partial charge in [-0.1, -0.05) is 0 Å². The molecular weight excluding hydrogens is 272 g/mol. The van der Waals surface area contributed by atoms with Crippen molar-refractivity contribution in [3.8, 4) is 0 Å². The molecule has 116 valence electrons. The van der Waals surface area contributed by atoms with Gasteiger partial charge in [-0.3, -0.25) is 0 Å². The molecule has 3 heterocycles. The van der Waals surface area contributed by atoms with E-state index in [0.717, 1.165) is 13.1 Å². The lowest BCUT2D eigenvalue weighted by molar-refractivity contribution is 0.0718. The Balaban J connectivity index is 1.90. The predicted octanol–water partition coefficient (Wildman–Crippen LogP) is -0.289. The number of aromatic nitrogens is 3. The van der Waals surface area contributed by atoms with E-state index in [1.807, 2.05) is 4.90 Å². The number of rotatable bonds is 4. The molecule has 0 bridgehead atoms. The average Bonchev–Trinajstić information content (AvgIpc) is 3.09. The minimum atomic E-state index is -0.0997. The number of hydrogen-bond acceptors (Lipinski definition) is 8. The van der Waals surface area contributed by atoms with Crippen molar-refractivity contribution in [3.63, 3.8) is 0 Å². The van der Waals surface area contributed by atoms with E-state index in [0.29, 0.717) is 37.6 Å². The highest BCUT2D eigenvalue weighted by Crippen LogP contribution is 2.22. The Labute approximate surface area is 124 Å².